The summed E-state index contributed by atoms with van der Waals surface area (Å²) < 4.78 is 6.60. The lowest BCUT2D eigenvalue weighted by Crippen LogP contribution is -2.48. The molecule has 0 radical (unpaired) electrons. The van der Waals surface area contributed by atoms with Gasteiger partial charge in [0, 0.05) is 18.1 Å². The van der Waals surface area contributed by atoms with E-state index in [-0.39, 0.29) is 18.4 Å². The average molecular weight is 433 g/mol. The summed E-state index contributed by atoms with van der Waals surface area (Å²) in [7, 11) is 1.56. The minimum atomic E-state index is -0.607. The first-order valence-corrected chi connectivity index (χ1v) is 9.56. The second-order valence-electron chi connectivity index (χ2n) is 6.48. The average Bonchev–Trinajstić information content (AvgIpc) is 2.65. The molecule has 1 N–H and O–H groups in total. The van der Waals surface area contributed by atoms with Crippen molar-refractivity contribution in [2.75, 3.05) is 13.7 Å². The Labute approximate surface area is 168 Å². The van der Waals surface area contributed by atoms with Crippen molar-refractivity contribution in [2.24, 2.45) is 0 Å². The molecule has 0 fully saturated rings. The fraction of sp³-hybridized carbons (Fsp3) is 0.333. The second kappa shape index (κ2) is 9.55. The van der Waals surface area contributed by atoms with E-state index in [0.717, 1.165) is 21.2 Å². The third-order valence-electron chi connectivity index (χ3n) is 4.50. The zero-order valence-corrected chi connectivity index (χ0v) is 17.7. The van der Waals surface area contributed by atoms with E-state index < -0.39 is 6.04 Å². The molecule has 0 aliphatic carbocycles. The first-order valence-electron chi connectivity index (χ1n) is 8.77. The number of carbonyl (C=O) groups is 2. The zero-order valence-electron chi connectivity index (χ0n) is 16.1. The Morgan fingerprint density at radius 1 is 1.15 bits per heavy atom. The van der Waals surface area contributed by atoms with Crippen LogP contribution in [0.4, 0.5) is 0 Å². The number of hydrogen-bond donors (Lipinski definition) is 1. The molecule has 144 valence electrons. The van der Waals surface area contributed by atoms with Crippen LogP contribution in [0.2, 0.25) is 0 Å². The van der Waals surface area contributed by atoms with Crippen LogP contribution in [0, 0.1) is 13.8 Å². The standard InChI is InChI=1S/C21H25BrN2O3/c1-14-8-9-19(10-15(14)2)27-13-20(25)24(16(3)21(26)23-4)12-17-6-5-7-18(22)11-17/h5-11,16H,12-13H2,1-4H3,(H,23,26). The van der Waals surface area contributed by atoms with Crippen molar-refractivity contribution in [3.05, 3.63) is 63.6 Å². The van der Waals surface area contributed by atoms with E-state index in [0.29, 0.717) is 12.3 Å². The number of carbonyl (C=O) groups excluding carboxylic acids is 2. The summed E-state index contributed by atoms with van der Waals surface area (Å²) >= 11 is 3.44. The molecule has 6 heteroatoms. The minimum absolute atomic E-state index is 0.127. The molecule has 0 bridgehead atoms. The van der Waals surface area contributed by atoms with E-state index in [1.54, 1.807) is 14.0 Å². The van der Waals surface area contributed by atoms with Gasteiger partial charge in [-0.1, -0.05) is 34.1 Å². The highest BCUT2D eigenvalue weighted by atomic mass is 79.9. The highest BCUT2D eigenvalue weighted by Crippen LogP contribution is 2.18. The summed E-state index contributed by atoms with van der Waals surface area (Å²) in [5.74, 6) is 0.176. The van der Waals surface area contributed by atoms with E-state index in [4.69, 9.17) is 4.74 Å². The monoisotopic (exact) mass is 432 g/mol. The lowest BCUT2D eigenvalue weighted by molar-refractivity contribution is -0.142. The number of ether oxygens (including phenoxy) is 1. The van der Waals surface area contributed by atoms with Gasteiger partial charge in [-0.3, -0.25) is 9.59 Å². The van der Waals surface area contributed by atoms with Gasteiger partial charge in [-0.05, 0) is 61.7 Å². The van der Waals surface area contributed by atoms with E-state index >= 15 is 0 Å². The molecule has 0 heterocycles. The molecular weight excluding hydrogens is 408 g/mol. The molecule has 27 heavy (non-hydrogen) atoms. The molecule has 0 saturated carbocycles. The van der Waals surface area contributed by atoms with Gasteiger partial charge in [-0.2, -0.15) is 0 Å². The molecule has 0 saturated heterocycles. The van der Waals surface area contributed by atoms with Crippen LogP contribution in [0.25, 0.3) is 0 Å². The van der Waals surface area contributed by atoms with Gasteiger partial charge >= 0.3 is 0 Å². The topological polar surface area (TPSA) is 58.6 Å². The molecule has 0 spiro atoms. The molecule has 1 atom stereocenters. The normalized spacial score (nSPS) is 11.6. The van der Waals surface area contributed by atoms with E-state index in [2.05, 4.69) is 21.2 Å². The first-order chi connectivity index (χ1) is 12.8. The summed E-state index contributed by atoms with van der Waals surface area (Å²) in [5, 5.41) is 2.60. The number of halogens is 1. The van der Waals surface area contributed by atoms with E-state index in [1.165, 1.54) is 4.90 Å². The van der Waals surface area contributed by atoms with Crippen molar-refractivity contribution in [3.8, 4) is 5.75 Å². The van der Waals surface area contributed by atoms with Gasteiger partial charge in [-0.25, -0.2) is 0 Å². The quantitative estimate of drug-likeness (QED) is 0.726. The molecule has 2 amide bonds. The summed E-state index contributed by atoms with van der Waals surface area (Å²) in [5.41, 5.74) is 3.20. The van der Waals surface area contributed by atoms with E-state index in [9.17, 15) is 9.59 Å². The zero-order chi connectivity index (χ0) is 20.0. The van der Waals surface area contributed by atoms with Crippen LogP contribution in [-0.4, -0.2) is 36.4 Å². The number of aryl methyl sites for hydroxylation is 2. The van der Waals surface area contributed by atoms with Gasteiger partial charge < -0.3 is 15.0 Å². The maximum atomic E-state index is 12.8. The number of amides is 2. The van der Waals surface area contributed by atoms with Gasteiger partial charge in [-0.15, -0.1) is 0 Å². The van der Waals surface area contributed by atoms with Crippen LogP contribution in [0.3, 0.4) is 0 Å². The number of benzene rings is 2. The van der Waals surface area contributed by atoms with Gasteiger partial charge in [0.25, 0.3) is 5.91 Å². The number of rotatable bonds is 7. The molecule has 0 aliphatic heterocycles. The van der Waals surface area contributed by atoms with Gasteiger partial charge in [0.2, 0.25) is 5.91 Å². The van der Waals surface area contributed by atoms with Crippen LogP contribution in [0.5, 0.6) is 5.75 Å². The molecule has 1 unspecified atom stereocenters. The summed E-state index contributed by atoms with van der Waals surface area (Å²) in [6.07, 6.45) is 0. The van der Waals surface area contributed by atoms with Gasteiger partial charge in [0.15, 0.2) is 6.61 Å². The second-order valence-corrected chi connectivity index (χ2v) is 7.39. The molecule has 0 aliphatic rings. The molecule has 2 aromatic rings. The lowest BCUT2D eigenvalue weighted by atomic mass is 10.1. The minimum Gasteiger partial charge on any atom is -0.484 e. The van der Waals surface area contributed by atoms with Crippen molar-refractivity contribution in [1.29, 1.82) is 0 Å². The Bertz CT molecular complexity index is 823. The fourth-order valence-corrected chi connectivity index (χ4v) is 3.10. The van der Waals surface area contributed by atoms with Crippen LogP contribution < -0.4 is 10.1 Å². The van der Waals surface area contributed by atoms with Crippen molar-refractivity contribution in [1.82, 2.24) is 10.2 Å². The molecule has 2 aromatic carbocycles. The SMILES string of the molecule is CNC(=O)C(C)N(Cc1cccc(Br)c1)C(=O)COc1ccc(C)c(C)c1. The summed E-state index contributed by atoms with van der Waals surface area (Å²) in [6, 6.07) is 12.8. The highest BCUT2D eigenvalue weighted by molar-refractivity contribution is 9.10. The number of likely N-dealkylation sites (N-methyl/N-ethyl adjacent to an activating group) is 1. The number of hydrogen-bond acceptors (Lipinski definition) is 3. The lowest BCUT2D eigenvalue weighted by Gasteiger charge is -2.28. The first kappa shape index (κ1) is 21.0. The number of nitrogens with one attached hydrogen (secondary N) is 1. The highest BCUT2D eigenvalue weighted by Gasteiger charge is 2.25. The molecule has 2 rings (SSSR count). The molecular formula is C21H25BrN2O3. The Morgan fingerprint density at radius 3 is 2.52 bits per heavy atom. The van der Waals surface area contributed by atoms with Crippen LogP contribution >= 0.6 is 15.9 Å². The Morgan fingerprint density at radius 2 is 1.89 bits per heavy atom. The molecule has 5 nitrogen and oxygen atoms in total. The fourth-order valence-electron chi connectivity index (χ4n) is 2.66. The maximum absolute atomic E-state index is 12.8. The Hall–Kier alpha value is -2.34. The predicted octanol–water partition coefficient (Wildman–Crippen LogP) is 3.61. The van der Waals surface area contributed by atoms with Crippen molar-refractivity contribution in [2.45, 2.75) is 33.4 Å². The molecule has 0 aromatic heterocycles. The predicted molar refractivity (Wildman–Crippen MR) is 110 cm³/mol. The Kier molecular flexibility index (Phi) is 7.42. The summed E-state index contributed by atoms with van der Waals surface area (Å²) in [4.78, 5) is 26.5. The Balaban J connectivity index is 2.14. The third-order valence-corrected chi connectivity index (χ3v) is 4.99. The van der Waals surface area contributed by atoms with Crippen LogP contribution in [0.15, 0.2) is 46.9 Å². The third kappa shape index (κ3) is 5.82. The van der Waals surface area contributed by atoms with Crippen LogP contribution in [0.1, 0.15) is 23.6 Å². The largest absolute Gasteiger partial charge is 0.484 e. The maximum Gasteiger partial charge on any atom is 0.261 e. The van der Waals surface area contributed by atoms with Crippen molar-refractivity contribution < 1.29 is 14.3 Å². The van der Waals surface area contributed by atoms with Crippen LogP contribution in [-0.2, 0) is 16.1 Å². The van der Waals surface area contributed by atoms with Gasteiger partial charge in [0.1, 0.15) is 11.8 Å². The van der Waals surface area contributed by atoms with Crippen molar-refractivity contribution in [3.63, 3.8) is 0 Å². The smallest absolute Gasteiger partial charge is 0.261 e. The van der Waals surface area contributed by atoms with E-state index in [1.807, 2.05) is 56.3 Å². The van der Waals surface area contributed by atoms with Gasteiger partial charge in [0.05, 0.1) is 0 Å². The van der Waals surface area contributed by atoms with Crippen molar-refractivity contribution >= 4 is 27.7 Å². The number of nitrogens with zero attached hydrogens (tertiary/aromatic N) is 1. The summed E-state index contributed by atoms with van der Waals surface area (Å²) in [6.45, 7) is 5.93.